The van der Waals surface area contributed by atoms with Crippen LogP contribution in [-0.2, 0) is 11.2 Å². The van der Waals surface area contributed by atoms with E-state index in [1.165, 1.54) is 0 Å². The largest absolute Gasteiger partial charge is 0.454 e. The highest BCUT2D eigenvalue weighted by Crippen LogP contribution is 2.33. The number of ether oxygens (including phenoxy) is 4. The standard InChI is InChI=1S/C17H14N2O6/c20-16(6-10-1-3-12-14(5-10)24-8-22-12)18-19-17(21)11-2-4-13-15(7-11)25-9-23-13/h1-5,7H,6,8-9H2,(H,18,20)(H,19,21). The highest BCUT2D eigenvalue weighted by Gasteiger charge is 2.17. The summed E-state index contributed by atoms with van der Waals surface area (Å²) in [6, 6.07) is 10.0. The van der Waals surface area contributed by atoms with Gasteiger partial charge in [-0.15, -0.1) is 0 Å². The number of nitrogens with one attached hydrogen (secondary N) is 2. The molecule has 8 heteroatoms. The highest BCUT2D eigenvalue weighted by atomic mass is 16.7. The molecule has 0 aromatic heterocycles. The third-order valence-corrected chi connectivity index (χ3v) is 3.75. The Morgan fingerprint density at radius 3 is 2.20 bits per heavy atom. The van der Waals surface area contributed by atoms with Gasteiger partial charge >= 0.3 is 0 Å². The molecular weight excluding hydrogens is 328 g/mol. The first kappa shape index (κ1) is 15.1. The molecule has 0 saturated heterocycles. The molecule has 0 aliphatic carbocycles. The van der Waals surface area contributed by atoms with E-state index < -0.39 is 5.91 Å². The molecule has 2 N–H and O–H groups in total. The first-order valence-electron chi connectivity index (χ1n) is 7.56. The molecule has 0 unspecified atom stereocenters. The van der Waals surface area contributed by atoms with Crippen LogP contribution in [0.4, 0.5) is 0 Å². The molecule has 0 radical (unpaired) electrons. The van der Waals surface area contributed by atoms with Crippen LogP contribution in [0.3, 0.4) is 0 Å². The highest BCUT2D eigenvalue weighted by molar-refractivity contribution is 5.96. The summed E-state index contributed by atoms with van der Waals surface area (Å²) in [4.78, 5) is 24.1. The lowest BCUT2D eigenvalue weighted by Gasteiger charge is -2.08. The van der Waals surface area contributed by atoms with Gasteiger partial charge in [0.1, 0.15) is 0 Å². The summed E-state index contributed by atoms with van der Waals surface area (Å²) in [5, 5.41) is 0. The molecule has 0 saturated carbocycles. The number of rotatable bonds is 3. The van der Waals surface area contributed by atoms with Crippen LogP contribution in [0, 0.1) is 0 Å². The van der Waals surface area contributed by atoms with Crippen LogP contribution in [0.15, 0.2) is 36.4 Å². The van der Waals surface area contributed by atoms with Gasteiger partial charge in [-0.3, -0.25) is 20.4 Å². The summed E-state index contributed by atoms with van der Waals surface area (Å²) in [7, 11) is 0. The molecule has 25 heavy (non-hydrogen) atoms. The molecule has 2 heterocycles. The van der Waals surface area contributed by atoms with Gasteiger partial charge in [-0.1, -0.05) is 6.07 Å². The van der Waals surface area contributed by atoms with Gasteiger partial charge in [-0.05, 0) is 35.9 Å². The van der Waals surface area contributed by atoms with E-state index in [1.807, 2.05) is 0 Å². The number of benzene rings is 2. The molecule has 0 spiro atoms. The topological polar surface area (TPSA) is 95.1 Å². The lowest BCUT2D eigenvalue weighted by Crippen LogP contribution is -2.42. The maximum absolute atomic E-state index is 12.1. The predicted octanol–water partition coefficient (Wildman–Crippen LogP) is 1.15. The Morgan fingerprint density at radius 1 is 0.800 bits per heavy atom. The van der Waals surface area contributed by atoms with Crippen LogP contribution >= 0.6 is 0 Å². The van der Waals surface area contributed by atoms with Crippen molar-refractivity contribution < 1.29 is 28.5 Å². The van der Waals surface area contributed by atoms with E-state index in [0.29, 0.717) is 28.6 Å². The number of hydrazine groups is 1. The quantitative estimate of drug-likeness (QED) is 0.813. The van der Waals surface area contributed by atoms with E-state index in [9.17, 15) is 9.59 Å². The van der Waals surface area contributed by atoms with Crippen molar-refractivity contribution in [3.05, 3.63) is 47.5 Å². The van der Waals surface area contributed by atoms with Crippen LogP contribution in [0.25, 0.3) is 0 Å². The third-order valence-electron chi connectivity index (χ3n) is 3.75. The van der Waals surface area contributed by atoms with Gasteiger partial charge in [-0.2, -0.15) is 0 Å². The summed E-state index contributed by atoms with van der Waals surface area (Å²) in [5.41, 5.74) is 5.86. The number of fused-ring (bicyclic) bond motifs is 2. The van der Waals surface area contributed by atoms with E-state index >= 15 is 0 Å². The zero-order valence-electron chi connectivity index (χ0n) is 13.0. The summed E-state index contributed by atoms with van der Waals surface area (Å²) >= 11 is 0. The molecule has 0 bridgehead atoms. The van der Waals surface area contributed by atoms with Gasteiger partial charge in [0.25, 0.3) is 5.91 Å². The van der Waals surface area contributed by atoms with Gasteiger partial charge in [-0.25, -0.2) is 0 Å². The summed E-state index contributed by atoms with van der Waals surface area (Å²) < 4.78 is 20.9. The molecule has 128 valence electrons. The van der Waals surface area contributed by atoms with Crippen molar-refractivity contribution in [3.8, 4) is 23.0 Å². The van der Waals surface area contributed by atoms with E-state index in [-0.39, 0.29) is 25.9 Å². The van der Waals surface area contributed by atoms with Crippen molar-refractivity contribution in [1.82, 2.24) is 10.9 Å². The Kier molecular flexibility index (Phi) is 3.77. The SMILES string of the molecule is O=C(Cc1ccc2c(c1)OCO2)NNC(=O)c1ccc2c(c1)OCO2. The minimum atomic E-state index is -0.447. The van der Waals surface area contributed by atoms with Gasteiger partial charge in [0.2, 0.25) is 19.5 Å². The lowest BCUT2D eigenvalue weighted by atomic mass is 10.1. The van der Waals surface area contributed by atoms with E-state index in [2.05, 4.69) is 10.9 Å². The van der Waals surface area contributed by atoms with Crippen molar-refractivity contribution in [1.29, 1.82) is 0 Å². The van der Waals surface area contributed by atoms with Crippen LogP contribution in [0.5, 0.6) is 23.0 Å². The summed E-state index contributed by atoms with van der Waals surface area (Å²) in [6.45, 7) is 0.309. The normalized spacial score (nSPS) is 13.4. The van der Waals surface area contributed by atoms with Crippen molar-refractivity contribution >= 4 is 11.8 Å². The first-order valence-corrected chi connectivity index (χ1v) is 7.56. The zero-order chi connectivity index (χ0) is 17.2. The van der Waals surface area contributed by atoms with Crippen LogP contribution in [0.2, 0.25) is 0 Å². The third kappa shape index (κ3) is 3.14. The number of hydrogen-bond acceptors (Lipinski definition) is 6. The zero-order valence-corrected chi connectivity index (χ0v) is 13.0. The fourth-order valence-electron chi connectivity index (χ4n) is 2.52. The fraction of sp³-hybridized carbons (Fsp3) is 0.176. The maximum atomic E-state index is 12.1. The summed E-state index contributed by atoms with van der Waals surface area (Å²) in [5.74, 6) is 1.54. The molecule has 2 aliphatic heterocycles. The first-order chi connectivity index (χ1) is 12.2. The van der Waals surface area contributed by atoms with Crippen molar-refractivity contribution in [3.63, 3.8) is 0 Å². The average Bonchev–Trinajstić information content (AvgIpc) is 3.27. The Balaban J connectivity index is 1.33. The van der Waals surface area contributed by atoms with Gasteiger partial charge < -0.3 is 18.9 Å². The second kappa shape index (κ2) is 6.23. The second-order valence-electron chi connectivity index (χ2n) is 5.43. The number of amides is 2. The van der Waals surface area contributed by atoms with Crippen molar-refractivity contribution in [2.24, 2.45) is 0 Å². The van der Waals surface area contributed by atoms with Crippen LogP contribution in [-0.4, -0.2) is 25.4 Å². The van der Waals surface area contributed by atoms with Gasteiger partial charge in [0, 0.05) is 5.56 Å². The monoisotopic (exact) mass is 342 g/mol. The van der Waals surface area contributed by atoms with Gasteiger partial charge in [0.05, 0.1) is 6.42 Å². The molecule has 4 rings (SSSR count). The lowest BCUT2D eigenvalue weighted by molar-refractivity contribution is -0.121. The van der Waals surface area contributed by atoms with Crippen LogP contribution in [0.1, 0.15) is 15.9 Å². The fourth-order valence-corrected chi connectivity index (χ4v) is 2.52. The second-order valence-corrected chi connectivity index (χ2v) is 5.43. The maximum Gasteiger partial charge on any atom is 0.269 e. The molecule has 0 fully saturated rings. The number of hydrogen-bond donors (Lipinski definition) is 2. The van der Waals surface area contributed by atoms with E-state index in [1.54, 1.807) is 36.4 Å². The molecule has 8 nitrogen and oxygen atoms in total. The molecule has 2 amide bonds. The molecule has 2 aromatic carbocycles. The predicted molar refractivity (Wildman–Crippen MR) is 84.4 cm³/mol. The average molecular weight is 342 g/mol. The Labute approximate surface area is 142 Å². The minimum Gasteiger partial charge on any atom is -0.454 e. The van der Waals surface area contributed by atoms with E-state index in [4.69, 9.17) is 18.9 Å². The summed E-state index contributed by atoms with van der Waals surface area (Å²) in [6.07, 6.45) is 0.0953. The van der Waals surface area contributed by atoms with Crippen molar-refractivity contribution in [2.45, 2.75) is 6.42 Å². The molecule has 2 aliphatic rings. The van der Waals surface area contributed by atoms with Gasteiger partial charge in [0.15, 0.2) is 23.0 Å². The number of carbonyl (C=O) groups excluding carboxylic acids is 2. The van der Waals surface area contributed by atoms with Crippen LogP contribution < -0.4 is 29.8 Å². The smallest absolute Gasteiger partial charge is 0.269 e. The molecule has 0 atom stereocenters. The Morgan fingerprint density at radius 2 is 1.44 bits per heavy atom. The molecule has 2 aromatic rings. The Bertz CT molecular complexity index is 851. The number of carbonyl (C=O) groups is 2. The Hall–Kier alpha value is -3.42. The van der Waals surface area contributed by atoms with Crippen molar-refractivity contribution in [2.75, 3.05) is 13.6 Å². The van der Waals surface area contributed by atoms with E-state index in [0.717, 1.165) is 5.56 Å². The minimum absolute atomic E-state index is 0.0953. The molecular formula is C17H14N2O6.